The molecule has 1 aliphatic carbocycles. The Balaban J connectivity index is 1.16. The number of allylic oxidation sites excluding steroid dienone is 1. The molecule has 3 heterocycles. The normalized spacial score (nSPS) is 16.4. The Morgan fingerprint density at radius 2 is 1.79 bits per heavy atom. The van der Waals surface area contributed by atoms with Crippen molar-refractivity contribution in [1.82, 2.24) is 20.5 Å². The Kier molecular flexibility index (Phi) is 5.87. The average Bonchev–Trinajstić information content (AvgIpc) is 3.23. The van der Waals surface area contributed by atoms with Crippen LogP contribution in [0.3, 0.4) is 0 Å². The van der Waals surface area contributed by atoms with Gasteiger partial charge in [0.1, 0.15) is 0 Å². The third-order valence-corrected chi connectivity index (χ3v) is 8.17. The fraction of sp³-hybridized carbons (Fsp3) is 0.280. The molecule has 0 radical (unpaired) electrons. The van der Waals surface area contributed by atoms with Crippen LogP contribution >= 0.6 is 0 Å². The van der Waals surface area contributed by atoms with Gasteiger partial charge in [-0.25, -0.2) is 13.4 Å². The SMILES string of the molecule is O=C(NCCS(=O)(=O)c1ccccn1)c1ccc(N2CCC3(C=Cc4ccccc43)CC2)nn1. The number of pyridine rings is 1. The molecule has 9 heteroatoms. The topological polar surface area (TPSA) is 105 Å². The summed E-state index contributed by atoms with van der Waals surface area (Å²) in [6.07, 6.45) is 7.97. The fourth-order valence-corrected chi connectivity index (χ4v) is 5.73. The van der Waals surface area contributed by atoms with Gasteiger partial charge < -0.3 is 10.2 Å². The second-order valence-corrected chi connectivity index (χ2v) is 10.6. The third kappa shape index (κ3) is 4.31. The van der Waals surface area contributed by atoms with Crippen molar-refractivity contribution in [3.8, 4) is 0 Å². The molecule has 1 fully saturated rings. The van der Waals surface area contributed by atoms with E-state index in [1.54, 1.807) is 24.3 Å². The van der Waals surface area contributed by atoms with E-state index in [0.29, 0.717) is 0 Å². The summed E-state index contributed by atoms with van der Waals surface area (Å²) < 4.78 is 24.6. The van der Waals surface area contributed by atoms with E-state index >= 15 is 0 Å². The van der Waals surface area contributed by atoms with Gasteiger partial charge in [0.15, 0.2) is 26.4 Å². The predicted octanol–water partition coefficient (Wildman–Crippen LogP) is 2.64. The lowest BCUT2D eigenvalue weighted by Gasteiger charge is -2.39. The van der Waals surface area contributed by atoms with E-state index in [1.807, 2.05) is 0 Å². The third-order valence-electron chi connectivity index (χ3n) is 6.55. The molecule has 0 atom stereocenters. The van der Waals surface area contributed by atoms with Crippen LogP contribution in [0.2, 0.25) is 0 Å². The van der Waals surface area contributed by atoms with Gasteiger partial charge in [-0.1, -0.05) is 42.5 Å². The quantitative estimate of drug-likeness (QED) is 0.584. The zero-order valence-corrected chi connectivity index (χ0v) is 19.4. The van der Waals surface area contributed by atoms with Gasteiger partial charge in [0.25, 0.3) is 5.91 Å². The van der Waals surface area contributed by atoms with Gasteiger partial charge in [-0.3, -0.25) is 4.79 Å². The summed E-state index contributed by atoms with van der Waals surface area (Å²) in [6, 6.07) is 16.7. The van der Waals surface area contributed by atoms with Crippen molar-refractivity contribution < 1.29 is 13.2 Å². The van der Waals surface area contributed by atoms with Gasteiger partial charge in [-0.2, -0.15) is 0 Å². The molecule has 34 heavy (non-hydrogen) atoms. The lowest BCUT2D eigenvalue weighted by Crippen LogP contribution is -2.41. The highest BCUT2D eigenvalue weighted by molar-refractivity contribution is 7.91. The number of nitrogens with one attached hydrogen (secondary N) is 1. The molecule has 1 N–H and O–H groups in total. The van der Waals surface area contributed by atoms with Crippen LogP contribution in [0.25, 0.3) is 6.08 Å². The van der Waals surface area contributed by atoms with E-state index in [-0.39, 0.29) is 28.4 Å². The summed E-state index contributed by atoms with van der Waals surface area (Å²) in [5.74, 6) is 0.0360. The number of anilines is 1. The summed E-state index contributed by atoms with van der Waals surface area (Å²) in [6.45, 7) is 1.67. The number of amides is 1. The molecule has 2 aliphatic rings. The Labute approximate surface area is 198 Å². The van der Waals surface area contributed by atoms with Crippen LogP contribution < -0.4 is 10.2 Å². The van der Waals surface area contributed by atoms with Crippen LogP contribution in [0.5, 0.6) is 0 Å². The van der Waals surface area contributed by atoms with Gasteiger partial charge in [-0.15, -0.1) is 10.2 Å². The number of rotatable bonds is 6. The summed E-state index contributed by atoms with van der Waals surface area (Å²) in [5, 5.41) is 10.9. The highest BCUT2D eigenvalue weighted by atomic mass is 32.2. The number of hydrogen-bond acceptors (Lipinski definition) is 7. The molecule has 5 rings (SSSR count). The Morgan fingerprint density at radius 1 is 1.00 bits per heavy atom. The van der Waals surface area contributed by atoms with Gasteiger partial charge in [-0.05, 0) is 48.2 Å². The Hall–Kier alpha value is -3.59. The minimum Gasteiger partial charge on any atom is -0.355 e. The number of piperidine rings is 1. The maximum absolute atomic E-state index is 12.4. The first-order chi connectivity index (χ1) is 16.5. The number of hydrogen-bond donors (Lipinski definition) is 1. The minimum absolute atomic E-state index is 0.00622. The molecule has 1 spiro atoms. The smallest absolute Gasteiger partial charge is 0.271 e. The average molecular weight is 476 g/mol. The molecule has 0 saturated carbocycles. The first kappa shape index (κ1) is 22.2. The monoisotopic (exact) mass is 475 g/mol. The Morgan fingerprint density at radius 3 is 2.53 bits per heavy atom. The predicted molar refractivity (Wildman–Crippen MR) is 129 cm³/mol. The number of sulfone groups is 1. The van der Waals surface area contributed by atoms with Crippen molar-refractivity contribution in [3.05, 3.63) is 83.7 Å². The molecule has 8 nitrogen and oxygen atoms in total. The molecule has 2 aromatic heterocycles. The number of aromatic nitrogens is 3. The number of carbonyl (C=O) groups is 1. The van der Waals surface area contributed by atoms with E-state index in [2.05, 4.69) is 61.8 Å². The summed E-state index contributed by atoms with van der Waals surface area (Å²) in [5.41, 5.74) is 2.95. The maximum Gasteiger partial charge on any atom is 0.271 e. The molecule has 174 valence electrons. The van der Waals surface area contributed by atoms with Crippen molar-refractivity contribution >= 4 is 27.6 Å². The first-order valence-corrected chi connectivity index (χ1v) is 12.9. The highest BCUT2D eigenvalue weighted by Gasteiger charge is 2.38. The van der Waals surface area contributed by atoms with Crippen LogP contribution in [0.15, 0.2) is 71.9 Å². The summed E-state index contributed by atoms with van der Waals surface area (Å²) in [4.78, 5) is 18.4. The van der Waals surface area contributed by atoms with E-state index in [9.17, 15) is 13.2 Å². The molecule has 1 aromatic carbocycles. The van der Waals surface area contributed by atoms with E-state index in [4.69, 9.17) is 0 Å². The second kappa shape index (κ2) is 8.98. The van der Waals surface area contributed by atoms with Crippen molar-refractivity contribution in [2.75, 3.05) is 30.3 Å². The summed E-state index contributed by atoms with van der Waals surface area (Å²) in [7, 11) is -3.56. The van der Waals surface area contributed by atoms with E-state index in [0.717, 1.165) is 31.7 Å². The molecular formula is C25H25N5O3S. The minimum atomic E-state index is -3.56. The van der Waals surface area contributed by atoms with E-state index in [1.165, 1.54) is 23.4 Å². The highest BCUT2D eigenvalue weighted by Crippen LogP contribution is 2.44. The van der Waals surface area contributed by atoms with Crippen molar-refractivity contribution in [2.24, 2.45) is 0 Å². The molecular weight excluding hydrogens is 450 g/mol. The van der Waals surface area contributed by atoms with Gasteiger partial charge in [0, 0.05) is 31.2 Å². The lowest BCUT2D eigenvalue weighted by molar-refractivity contribution is 0.0950. The zero-order valence-electron chi connectivity index (χ0n) is 18.6. The largest absolute Gasteiger partial charge is 0.355 e. The van der Waals surface area contributed by atoms with Gasteiger partial charge in [0.2, 0.25) is 0 Å². The van der Waals surface area contributed by atoms with E-state index < -0.39 is 15.7 Å². The Bertz CT molecular complexity index is 1320. The molecule has 0 unspecified atom stereocenters. The van der Waals surface area contributed by atoms with Gasteiger partial charge in [0.05, 0.1) is 5.75 Å². The standard InChI is InChI=1S/C25H25N5O3S/c31-24(27-15-18-34(32,33)23-7-3-4-14-26-23)21-8-9-22(29-28-21)30-16-12-25(13-17-30)11-10-19-5-1-2-6-20(19)25/h1-11,14H,12-13,15-18H2,(H,27,31). The van der Waals surface area contributed by atoms with Crippen molar-refractivity contribution in [3.63, 3.8) is 0 Å². The molecule has 1 aliphatic heterocycles. The van der Waals surface area contributed by atoms with Gasteiger partial charge >= 0.3 is 0 Å². The second-order valence-electron chi connectivity index (χ2n) is 8.58. The first-order valence-electron chi connectivity index (χ1n) is 11.3. The van der Waals surface area contributed by atoms with Crippen LogP contribution in [-0.2, 0) is 15.3 Å². The van der Waals surface area contributed by atoms with Crippen LogP contribution in [-0.4, -0.2) is 54.9 Å². The fourth-order valence-electron chi connectivity index (χ4n) is 4.65. The molecule has 1 saturated heterocycles. The van der Waals surface area contributed by atoms with Crippen LogP contribution in [0.1, 0.15) is 34.5 Å². The number of carbonyl (C=O) groups excluding carboxylic acids is 1. The summed E-state index contributed by atoms with van der Waals surface area (Å²) >= 11 is 0. The van der Waals surface area contributed by atoms with Crippen LogP contribution in [0, 0.1) is 0 Å². The zero-order chi connectivity index (χ0) is 23.6. The number of benzene rings is 1. The van der Waals surface area contributed by atoms with Crippen LogP contribution in [0.4, 0.5) is 5.82 Å². The molecule has 1 amide bonds. The van der Waals surface area contributed by atoms with Crippen molar-refractivity contribution in [2.45, 2.75) is 23.3 Å². The molecule has 3 aromatic rings. The maximum atomic E-state index is 12.4. The van der Waals surface area contributed by atoms with Crippen molar-refractivity contribution in [1.29, 1.82) is 0 Å². The number of nitrogens with zero attached hydrogens (tertiary/aromatic N) is 4. The lowest BCUT2D eigenvalue weighted by atomic mass is 9.74. The molecule has 0 bridgehead atoms. The number of fused-ring (bicyclic) bond motifs is 2.